The first-order valence-electron chi connectivity index (χ1n) is 7.53. The Kier molecular flexibility index (Phi) is 8.31. The van der Waals surface area contributed by atoms with E-state index in [1.807, 2.05) is 0 Å². The van der Waals surface area contributed by atoms with Gasteiger partial charge in [0.05, 0.1) is 6.61 Å². The Morgan fingerprint density at radius 3 is 2.40 bits per heavy atom. The molecule has 1 atom stereocenters. The molecule has 114 valence electrons. The maximum atomic E-state index is 5.71. The highest BCUT2D eigenvalue weighted by Crippen LogP contribution is 2.13. The molecule has 0 aliphatic carbocycles. The molecule has 1 rings (SSSR count). The van der Waals surface area contributed by atoms with E-state index in [-0.39, 0.29) is 0 Å². The molecule has 1 aromatic carbocycles. The summed E-state index contributed by atoms with van der Waals surface area (Å²) < 4.78 is 10.8. The highest BCUT2D eigenvalue weighted by atomic mass is 16.5. The van der Waals surface area contributed by atoms with Gasteiger partial charge in [0.1, 0.15) is 5.75 Å². The van der Waals surface area contributed by atoms with Gasteiger partial charge < -0.3 is 14.8 Å². The van der Waals surface area contributed by atoms with Crippen molar-refractivity contribution in [2.24, 2.45) is 11.8 Å². The first-order valence-corrected chi connectivity index (χ1v) is 7.53. The third-order valence-corrected chi connectivity index (χ3v) is 3.16. The average molecular weight is 279 g/mol. The van der Waals surface area contributed by atoms with Crippen LogP contribution in [0.5, 0.6) is 5.75 Å². The van der Waals surface area contributed by atoms with Crippen LogP contribution in [0.3, 0.4) is 0 Å². The van der Waals surface area contributed by atoms with Gasteiger partial charge >= 0.3 is 0 Å². The van der Waals surface area contributed by atoms with Crippen LogP contribution in [-0.4, -0.2) is 26.9 Å². The van der Waals surface area contributed by atoms with Gasteiger partial charge in [0, 0.05) is 26.8 Å². The molecule has 0 saturated carbocycles. The minimum absolute atomic E-state index is 0.540. The second-order valence-corrected chi connectivity index (χ2v) is 5.87. The molecule has 3 nitrogen and oxygen atoms in total. The molecule has 0 amide bonds. The fourth-order valence-corrected chi connectivity index (χ4v) is 1.92. The summed E-state index contributed by atoms with van der Waals surface area (Å²) in [4.78, 5) is 0. The molecule has 0 saturated heterocycles. The number of methoxy groups -OCH3 is 1. The Morgan fingerprint density at radius 1 is 1.10 bits per heavy atom. The van der Waals surface area contributed by atoms with E-state index >= 15 is 0 Å². The Balaban J connectivity index is 2.24. The van der Waals surface area contributed by atoms with Crippen molar-refractivity contribution in [2.75, 3.05) is 26.9 Å². The lowest BCUT2D eigenvalue weighted by Gasteiger charge is -2.12. The predicted molar refractivity (Wildman–Crippen MR) is 84.1 cm³/mol. The Bertz CT molecular complexity index is 349. The number of hydrogen-bond donors (Lipinski definition) is 1. The first-order chi connectivity index (χ1) is 9.61. The second-order valence-electron chi connectivity index (χ2n) is 5.87. The number of benzene rings is 1. The Morgan fingerprint density at radius 2 is 1.80 bits per heavy atom. The molecule has 1 aromatic rings. The van der Waals surface area contributed by atoms with Crippen LogP contribution in [0.2, 0.25) is 0 Å². The lowest BCUT2D eigenvalue weighted by molar-refractivity contribution is 0.158. The summed E-state index contributed by atoms with van der Waals surface area (Å²) in [6, 6.07) is 8.35. The normalized spacial score (nSPS) is 12.7. The maximum absolute atomic E-state index is 5.71. The third-order valence-electron chi connectivity index (χ3n) is 3.16. The first kappa shape index (κ1) is 17.0. The molecule has 0 aliphatic heterocycles. The minimum atomic E-state index is 0.540. The fraction of sp³-hybridized carbons (Fsp3) is 0.647. The zero-order valence-corrected chi connectivity index (χ0v) is 13.3. The van der Waals surface area contributed by atoms with E-state index in [0.717, 1.165) is 38.5 Å². The quantitative estimate of drug-likeness (QED) is 0.711. The Labute approximate surface area is 123 Å². The molecule has 1 unspecified atom stereocenters. The fourth-order valence-electron chi connectivity index (χ4n) is 1.92. The highest BCUT2D eigenvalue weighted by molar-refractivity contribution is 5.27. The smallest absolute Gasteiger partial charge is 0.119 e. The van der Waals surface area contributed by atoms with Gasteiger partial charge in [-0.2, -0.15) is 0 Å². The van der Waals surface area contributed by atoms with Gasteiger partial charge in [0.2, 0.25) is 0 Å². The largest absolute Gasteiger partial charge is 0.494 e. The van der Waals surface area contributed by atoms with Crippen LogP contribution in [0, 0.1) is 11.8 Å². The topological polar surface area (TPSA) is 30.5 Å². The molecule has 0 bridgehead atoms. The Hall–Kier alpha value is -1.06. The van der Waals surface area contributed by atoms with Gasteiger partial charge in [-0.25, -0.2) is 0 Å². The van der Waals surface area contributed by atoms with E-state index in [1.165, 1.54) is 5.56 Å². The van der Waals surface area contributed by atoms with E-state index in [2.05, 4.69) is 50.4 Å². The monoisotopic (exact) mass is 279 g/mol. The summed E-state index contributed by atoms with van der Waals surface area (Å²) in [5, 5.41) is 3.44. The molecule has 0 aromatic heterocycles. The molecule has 3 heteroatoms. The molecule has 0 aliphatic rings. The summed E-state index contributed by atoms with van der Waals surface area (Å²) in [6.07, 6.45) is 1.10. The van der Waals surface area contributed by atoms with E-state index in [9.17, 15) is 0 Å². The molecule has 20 heavy (non-hydrogen) atoms. The third kappa shape index (κ3) is 7.51. The average Bonchev–Trinajstić information content (AvgIpc) is 2.40. The van der Waals surface area contributed by atoms with Gasteiger partial charge in [0.15, 0.2) is 0 Å². The van der Waals surface area contributed by atoms with Crippen molar-refractivity contribution < 1.29 is 9.47 Å². The van der Waals surface area contributed by atoms with Crippen LogP contribution in [-0.2, 0) is 11.3 Å². The molecule has 0 fully saturated rings. The van der Waals surface area contributed by atoms with E-state index < -0.39 is 0 Å². The second kappa shape index (κ2) is 9.78. The van der Waals surface area contributed by atoms with Crippen LogP contribution >= 0.6 is 0 Å². The van der Waals surface area contributed by atoms with Gasteiger partial charge in [0.25, 0.3) is 0 Å². The van der Waals surface area contributed by atoms with Crippen molar-refractivity contribution in [3.8, 4) is 5.75 Å². The number of ether oxygens (including phenoxy) is 2. The van der Waals surface area contributed by atoms with Crippen LogP contribution in [0.4, 0.5) is 0 Å². The van der Waals surface area contributed by atoms with Crippen LogP contribution < -0.4 is 10.1 Å². The number of hydrogen-bond acceptors (Lipinski definition) is 3. The van der Waals surface area contributed by atoms with Crippen molar-refractivity contribution >= 4 is 0 Å². The van der Waals surface area contributed by atoms with Crippen molar-refractivity contribution in [3.63, 3.8) is 0 Å². The number of nitrogens with one attached hydrogen (secondary N) is 1. The predicted octanol–water partition coefficient (Wildman–Crippen LogP) is 3.48. The molecular formula is C17H29NO2. The van der Waals surface area contributed by atoms with Crippen molar-refractivity contribution in [1.29, 1.82) is 0 Å². The zero-order chi connectivity index (χ0) is 14.8. The zero-order valence-electron chi connectivity index (χ0n) is 13.3. The van der Waals surface area contributed by atoms with Gasteiger partial charge in [-0.3, -0.25) is 0 Å². The van der Waals surface area contributed by atoms with Crippen LogP contribution in [0.25, 0.3) is 0 Å². The van der Waals surface area contributed by atoms with Crippen molar-refractivity contribution in [2.45, 2.75) is 33.7 Å². The summed E-state index contributed by atoms with van der Waals surface area (Å²) in [6.45, 7) is 10.1. The van der Waals surface area contributed by atoms with Crippen molar-refractivity contribution in [1.82, 2.24) is 5.32 Å². The van der Waals surface area contributed by atoms with Gasteiger partial charge in [-0.05, 0) is 36.0 Å². The summed E-state index contributed by atoms with van der Waals surface area (Å²) in [5.41, 5.74) is 1.28. The van der Waals surface area contributed by atoms with Gasteiger partial charge in [-0.1, -0.05) is 32.9 Å². The SMILES string of the molecule is COCC(C)CNCc1ccc(OCCC(C)C)cc1. The van der Waals surface area contributed by atoms with Crippen molar-refractivity contribution in [3.05, 3.63) is 29.8 Å². The van der Waals surface area contributed by atoms with E-state index in [0.29, 0.717) is 11.8 Å². The molecule has 0 spiro atoms. The lowest BCUT2D eigenvalue weighted by atomic mass is 10.1. The summed E-state index contributed by atoms with van der Waals surface area (Å²) in [7, 11) is 1.74. The lowest BCUT2D eigenvalue weighted by Crippen LogP contribution is -2.23. The maximum Gasteiger partial charge on any atom is 0.119 e. The molecule has 0 radical (unpaired) electrons. The standard InChI is InChI=1S/C17H29NO2/c1-14(2)9-10-20-17-7-5-16(6-8-17)12-18-11-15(3)13-19-4/h5-8,14-15,18H,9-13H2,1-4H3. The number of rotatable bonds is 10. The summed E-state index contributed by atoms with van der Waals surface area (Å²) in [5.74, 6) is 2.19. The van der Waals surface area contributed by atoms with E-state index in [4.69, 9.17) is 9.47 Å². The minimum Gasteiger partial charge on any atom is -0.494 e. The highest BCUT2D eigenvalue weighted by Gasteiger charge is 2.01. The summed E-state index contributed by atoms with van der Waals surface area (Å²) >= 11 is 0. The molecular weight excluding hydrogens is 250 g/mol. The van der Waals surface area contributed by atoms with Crippen LogP contribution in [0.1, 0.15) is 32.8 Å². The molecule has 1 N–H and O–H groups in total. The molecule has 0 heterocycles. The van der Waals surface area contributed by atoms with E-state index in [1.54, 1.807) is 7.11 Å². The van der Waals surface area contributed by atoms with Crippen LogP contribution in [0.15, 0.2) is 24.3 Å². The van der Waals surface area contributed by atoms with Gasteiger partial charge in [-0.15, -0.1) is 0 Å².